The van der Waals surface area contributed by atoms with E-state index in [1.54, 1.807) is 7.11 Å². The molecule has 3 nitrogen and oxygen atoms in total. The minimum Gasteiger partial charge on any atom is -0.497 e. The number of rotatable bonds is 4. The number of hydrogen-bond donors (Lipinski definition) is 0. The highest BCUT2D eigenvalue weighted by Gasteiger charge is 2.25. The maximum atomic E-state index is 13.1. The third-order valence-corrected chi connectivity index (χ3v) is 5.66. The van der Waals surface area contributed by atoms with Gasteiger partial charge >= 0.3 is 0 Å². The number of anilines is 1. The molecule has 1 aliphatic heterocycles. The minimum absolute atomic E-state index is 0.0561. The smallest absolute Gasteiger partial charge is 0.258 e. The molecule has 1 amide bonds. The fraction of sp³-hybridized carbons (Fsp3) is 0.192. The third-order valence-electron chi connectivity index (χ3n) is 5.66. The van der Waals surface area contributed by atoms with Crippen molar-refractivity contribution in [2.45, 2.75) is 20.3 Å². The summed E-state index contributed by atoms with van der Waals surface area (Å²) in [7, 11) is 1.66. The summed E-state index contributed by atoms with van der Waals surface area (Å²) in [6, 6.07) is 22.2. The molecule has 0 aliphatic carbocycles. The van der Waals surface area contributed by atoms with Gasteiger partial charge in [-0.1, -0.05) is 36.4 Å². The van der Waals surface area contributed by atoms with E-state index in [4.69, 9.17) is 4.74 Å². The van der Waals surface area contributed by atoms with Gasteiger partial charge in [0.05, 0.1) is 7.11 Å². The molecule has 4 rings (SSSR count). The van der Waals surface area contributed by atoms with Crippen LogP contribution in [0, 0.1) is 0 Å². The van der Waals surface area contributed by atoms with Gasteiger partial charge in [0.1, 0.15) is 5.75 Å². The van der Waals surface area contributed by atoms with Crippen molar-refractivity contribution in [3.63, 3.8) is 0 Å². The Morgan fingerprint density at radius 3 is 2.17 bits per heavy atom. The van der Waals surface area contributed by atoms with Crippen LogP contribution in [0.3, 0.4) is 0 Å². The molecular weight excluding hydrogens is 358 g/mol. The lowest BCUT2D eigenvalue weighted by molar-refractivity contribution is 0.0989. The number of carbonyl (C=O) groups is 1. The largest absolute Gasteiger partial charge is 0.497 e. The summed E-state index contributed by atoms with van der Waals surface area (Å²) >= 11 is 0. The van der Waals surface area contributed by atoms with E-state index >= 15 is 0 Å². The Hall–Kier alpha value is -3.33. The molecule has 1 heterocycles. The summed E-state index contributed by atoms with van der Waals surface area (Å²) in [5.74, 6) is 0.890. The predicted molar refractivity (Wildman–Crippen MR) is 120 cm³/mol. The van der Waals surface area contributed by atoms with Crippen molar-refractivity contribution in [2.24, 2.45) is 0 Å². The maximum absolute atomic E-state index is 13.1. The van der Waals surface area contributed by atoms with Crippen LogP contribution in [0.5, 0.6) is 5.75 Å². The van der Waals surface area contributed by atoms with Crippen molar-refractivity contribution >= 4 is 17.2 Å². The fourth-order valence-corrected chi connectivity index (χ4v) is 3.77. The van der Waals surface area contributed by atoms with Crippen LogP contribution < -0.4 is 9.64 Å². The van der Waals surface area contributed by atoms with Gasteiger partial charge in [-0.05, 0) is 84.5 Å². The van der Waals surface area contributed by atoms with Crippen LogP contribution in [0.25, 0.3) is 16.7 Å². The number of fused-ring (bicyclic) bond motifs is 1. The SMILES string of the molecule is CC=C(C)c1ccc2c(c1)CCN2C(=O)c1ccc(-c2ccc(OC)cc2)cc1. The zero-order valence-corrected chi connectivity index (χ0v) is 17.1. The first-order chi connectivity index (χ1) is 14.1. The van der Waals surface area contributed by atoms with E-state index in [1.165, 1.54) is 16.7 Å². The molecule has 146 valence electrons. The second kappa shape index (κ2) is 7.96. The lowest BCUT2D eigenvalue weighted by Gasteiger charge is -2.18. The third kappa shape index (κ3) is 3.68. The number of methoxy groups -OCH3 is 1. The van der Waals surface area contributed by atoms with E-state index in [1.807, 2.05) is 60.4 Å². The summed E-state index contributed by atoms with van der Waals surface area (Å²) in [5.41, 5.74) is 7.65. The first-order valence-corrected chi connectivity index (χ1v) is 9.93. The molecule has 0 fully saturated rings. The highest BCUT2D eigenvalue weighted by molar-refractivity contribution is 6.07. The Labute approximate surface area is 172 Å². The molecular formula is C26H25NO2. The van der Waals surface area contributed by atoms with Crippen molar-refractivity contribution in [2.75, 3.05) is 18.6 Å². The molecule has 0 unspecified atom stereocenters. The molecule has 3 heteroatoms. The summed E-state index contributed by atoms with van der Waals surface area (Å²) in [5, 5.41) is 0. The van der Waals surface area contributed by atoms with Crippen molar-refractivity contribution in [1.82, 2.24) is 0 Å². The van der Waals surface area contributed by atoms with Gasteiger partial charge in [-0.15, -0.1) is 0 Å². The monoisotopic (exact) mass is 383 g/mol. The van der Waals surface area contributed by atoms with Gasteiger partial charge in [-0.3, -0.25) is 4.79 Å². The fourth-order valence-electron chi connectivity index (χ4n) is 3.77. The maximum Gasteiger partial charge on any atom is 0.258 e. The second-order valence-electron chi connectivity index (χ2n) is 7.33. The van der Waals surface area contributed by atoms with Gasteiger partial charge in [0, 0.05) is 17.8 Å². The van der Waals surface area contributed by atoms with Crippen LogP contribution in [0.1, 0.15) is 35.3 Å². The molecule has 1 aliphatic rings. The highest BCUT2D eigenvalue weighted by atomic mass is 16.5. The number of hydrogen-bond acceptors (Lipinski definition) is 2. The standard InChI is InChI=1S/C26H25NO2/c1-4-18(2)22-11-14-25-23(17-22)15-16-27(25)26(28)21-7-5-19(6-8-21)20-9-12-24(29-3)13-10-20/h4-14,17H,15-16H2,1-3H3. The van der Waals surface area contributed by atoms with Crippen LogP contribution in [0.4, 0.5) is 5.69 Å². The van der Waals surface area contributed by atoms with Gasteiger partial charge in [-0.2, -0.15) is 0 Å². The molecule has 0 radical (unpaired) electrons. The molecule has 0 saturated heterocycles. The number of nitrogens with zero attached hydrogens (tertiary/aromatic N) is 1. The van der Waals surface area contributed by atoms with Gasteiger partial charge in [0.15, 0.2) is 0 Å². The first kappa shape index (κ1) is 19.0. The van der Waals surface area contributed by atoms with Gasteiger partial charge in [0.2, 0.25) is 0 Å². The molecule has 0 atom stereocenters. The molecule has 0 aromatic heterocycles. The Morgan fingerprint density at radius 2 is 1.55 bits per heavy atom. The van der Waals surface area contributed by atoms with Crippen LogP contribution in [0.15, 0.2) is 72.8 Å². The van der Waals surface area contributed by atoms with E-state index in [0.29, 0.717) is 5.56 Å². The Balaban J connectivity index is 1.55. The Bertz CT molecular complexity index is 1060. The van der Waals surface area contributed by atoms with Crippen molar-refractivity contribution in [3.05, 3.63) is 89.5 Å². The van der Waals surface area contributed by atoms with Crippen molar-refractivity contribution in [1.29, 1.82) is 0 Å². The zero-order chi connectivity index (χ0) is 20.4. The Morgan fingerprint density at radius 1 is 0.931 bits per heavy atom. The molecule has 3 aromatic carbocycles. The number of ether oxygens (including phenoxy) is 1. The number of allylic oxidation sites excluding steroid dienone is 2. The molecule has 29 heavy (non-hydrogen) atoms. The summed E-state index contributed by atoms with van der Waals surface area (Å²) in [4.78, 5) is 15.0. The Kier molecular flexibility index (Phi) is 5.22. The van der Waals surface area contributed by atoms with E-state index in [9.17, 15) is 4.79 Å². The van der Waals surface area contributed by atoms with Crippen LogP contribution >= 0.6 is 0 Å². The van der Waals surface area contributed by atoms with E-state index < -0.39 is 0 Å². The second-order valence-corrected chi connectivity index (χ2v) is 7.33. The zero-order valence-electron chi connectivity index (χ0n) is 17.1. The van der Waals surface area contributed by atoms with Crippen molar-refractivity contribution in [3.8, 4) is 16.9 Å². The molecule has 0 N–H and O–H groups in total. The topological polar surface area (TPSA) is 29.5 Å². The summed E-state index contributed by atoms with van der Waals surface area (Å²) in [6.07, 6.45) is 3.01. The lowest BCUT2D eigenvalue weighted by atomic mass is 10.0. The number of benzene rings is 3. The lowest BCUT2D eigenvalue weighted by Crippen LogP contribution is -2.28. The summed E-state index contributed by atoms with van der Waals surface area (Å²) in [6.45, 7) is 4.89. The van der Waals surface area contributed by atoms with Gasteiger partial charge in [-0.25, -0.2) is 0 Å². The van der Waals surface area contributed by atoms with Gasteiger partial charge in [0.25, 0.3) is 5.91 Å². The normalized spacial score (nSPS) is 13.3. The quantitative estimate of drug-likeness (QED) is 0.554. The predicted octanol–water partition coefficient (Wildman–Crippen LogP) is 5.99. The molecule has 3 aromatic rings. The number of carbonyl (C=O) groups excluding carboxylic acids is 1. The van der Waals surface area contributed by atoms with E-state index in [0.717, 1.165) is 35.5 Å². The number of amides is 1. The molecule has 0 saturated carbocycles. The minimum atomic E-state index is 0.0561. The highest BCUT2D eigenvalue weighted by Crippen LogP contribution is 2.32. The molecule has 0 spiro atoms. The molecule has 0 bridgehead atoms. The van der Waals surface area contributed by atoms with Crippen LogP contribution in [-0.4, -0.2) is 19.6 Å². The van der Waals surface area contributed by atoms with Crippen LogP contribution in [-0.2, 0) is 6.42 Å². The van der Waals surface area contributed by atoms with Crippen molar-refractivity contribution < 1.29 is 9.53 Å². The average molecular weight is 383 g/mol. The van der Waals surface area contributed by atoms with E-state index in [-0.39, 0.29) is 5.91 Å². The van der Waals surface area contributed by atoms with Crippen LogP contribution in [0.2, 0.25) is 0 Å². The van der Waals surface area contributed by atoms with E-state index in [2.05, 4.69) is 31.2 Å². The van der Waals surface area contributed by atoms with Gasteiger partial charge < -0.3 is 9.64 Å². The summed E-state index contributed by atoms with van der Waals surface area (Å²) < 4.78 is 5.21. The average Bonchev–Trinajstić information content (AvgIpc) is 3.21. The first-order valence-electron chi connectivity index (χ1n) is 9.93.